The number of hydrogen-bond acceptors (Lipinski definition) is 3. The number of nitrogens with two attached hydrogens (primary N) is 1. The third-order valence-corrected chi connectivity index (χ3v) is 1.50. The molecule has 0 saturated heterocycles. The van der Waals surface area contributed by atoms with Gasteiger partial charge in [0.05, 0.1) is 6.61 Å². The van der Waals surface area contributed by atoms with Crippen molar-refractivity contribution in [3.05, 3.63) is 0 Å². The molecule has 1 unspecified atom stereocenters. The lowest BCUT2D eigenvalue weighted by Gasteiger charge is -2.26. The van der Waals surface area contributed by atoms with Gasteiger partial charge >= 0.3 is 0 Å². The normalized spacial score (nSPS) is 15.3. The van der Waals surface area contributed by atoms with Crippen molar-refractivity contribution >= 4 is 0 Å². The molecule has 0 aliphatic carbocycles. The van der Waals surface area contributed by atoms with Crippen molar-refractivity contribution in [1.82, 2.24) is 0 Å². The second kappa shape index (κ2) is 3.91. The van der Waals surface area contributed by atoms with Gasteiger partial charge in [-0.25, -0.2) is 0 Å². The Morgan fingerprint density at radius 2 is 2.00 bits per heavy atom. The van der Waals surface area contributed by atoms with Crippen LogP contribution in [-0.2, 0) is 4.74 Å². The van der Waals surface area contributed by atoms with Gasteiger partial charge in [-0.3, -0.25) is 0 Å². The molecule has 0 saturated carbocycles. The fourth-order valence-corrected chi connectivity index (χ4v) is 0.430. The van der Waals surface area contributed by atoms with E-state index in [9.17, 15) is 0 Å². The van der Waals surface area contributed by atoms with E-state index >= 15 is 0 Å². The van der Waals surface area contributed by atoms with Crippen LogP contribution in [0.1, 0.15) is 20.8 Å². The van der Waals surface area contributed by atoms with Crippen LogP contribution in [0.15, 0.2) is 0 Å². The van der Waals surface area contributed by atoms with E-state index in [1.807, 2.05) is 20.8 Å². The lowest BCUT2D eigenvalue weighted by atomic mass is 9.88. The van der Waals surface area contributed by atoms with Crippen molar-refractivity contribution in [3.8, 4) is 0 Å². The lowest BCUT2D eigenvalue weighted by Crippen LogP contribution is -2.39. The zero-order chi connectivity index (χ0) is 8.20. The summed E-state index contributed by atoms with van der Waals surface area (Å²) in [6.45, 7) is 6.29. The first-order valence-electron chi connectivity index (χ1n) is 3.42. The van der Waals surface area contributed by atoms with E-state index in [4.69, 9.17) is 15.6 Å². The molecule has 0 aromatic heterocycles. The molecule has 0 rings (SSSR count). The Bertz CT molecular complexity index is 88.1. The van der Waals surface area contributed by atoms with E-state index in [2.05, 4.69) is 0 Å². The number of aliphatic hydroxyl groups is 1. The average molecular weight is 147 g/mol. The van der Waals surface area contributed by atoms with Crippen LogP contribution in [0.5, 0.6) is 0 Å². The van der Waals surface area contributed by atoms with Crippen molar-refractivity contribution in [1.29, 1.82) is 0 Å². The Labute approximate surface area is 62.2 Å². The molecule has 3 N–H and O–H groups in total. The highest BCUT2D eigenvalue weighted by molar-refractivity contribution is 4.75. The van der Waals surface area contributed by atoms with Gasteiger partial charge in [0, 0.05) is 6.04 Å². The van der Waals surface area contributed by atoms with E-state index in [0.717, 1.165) is 0 Å². The van der Waals surface area contributed by atoms with Gasteiger partial charge in [-0.2, -0.15) is 0 Å². The first-order chi connectivity index (χ1) is 4.48. The first kappa shape index (κ1) is 9.88. The molecule has 62 valence electrons. The molecule has 10 heavy (non-hydrogen) atoms. The fraction of sp³-hybridized carbons (Fsp3) is 1.00. The minimum atomic E-state index is -0.246. The molecule has 0 aliphatic heterocycles. The Morgan fingerprint density at radius 1 is 1.50 bits per heavy atom. The molecule has 3 nitrogen and oxygen atoms in total. The molecule has 0 spiro atoms. The van der Waals surface area contributed by atoms with Crippen LogP contribution in [0.25, 0.3) is 0 Å². The molecule has 0 fully saturated rings. The van der Waals surface area contributed by atoms with Crippen molar-refractivity contribution in [2.45, 2.75) is 26.8 Å². The molecule has 0 amide bonds. The molecular weight excluding hydrogens is 130 g/mol. The Balaban J connectivity index is 3.52. The van der Waals surface area contributed by atoms with E-state index in [1.54, 1.807) is 0 Å². The zero-order valence-electron chi connectivity index (χ0n) is 6.92. The van der Waals surface area contributed by atoms with E-state index in [-0.39, 0.29) is 18.2 Å². The van der Waals surface area contributed by atoms with Crippen molar-refractivity contribution in [3.63, 3.8) is 0 Å². The third-order valence-electron chi connectivity index (χ3n) is 1.50. The fourth-order valence-electron chi connectivity index (χ4n) is 0.430. The molecule has 0 radical (unpaired) electrons. The van der Waals surface area contributed by atoms with E-state index in [1.165, 1.54) is 0 Å². The van der Waals surface area contributed by atoms with Gasteiger partial charge in [-0.1, -0.05) is 20.8 Å². The van der Waals surface area contributed by atoms with Gasteiger partial charge in [0.2, 0.25) is 0 Å². The maximum atomic E-state index is 8.30. The van der Waals surface area contributed by atoms with Crippen LogP contribution in [0.2, 0.25) is 0 Å². The summed E-state index contributed by atoms with van der Waals surface area (Å²) in [4.78, 5) is 0. The third kappa shape index (κ3) is 3.82. The second-order valence-corrected chi connectivity index (χ2v) is 3.47. The highest BCUT2D eigenvalue weighted by Gasteiger charge is 2.19. The topological polar surface area (TPSA) is 55.5 Å². The summed E-state index contributed by atoms with van der Waals surface area (Å²) in [7, 11) is 0. The van der Waals surface area contributed by atoms with Crippen LogP contribution in [0, 0.1) is 5.41 Å². The van der Waals surface area contributed by atoms with Crippen molar-refractivity contribution < 1.29 is 9.84 Å². The number of ether oxygens (including phenoxy) is 1. The quantitative estimate of drug-likeness (QED) is 0.565. The first-order valence-corrected chi connectivity index (χ1v) is 3.42. The standard InChI is InChI=1S/C7H17NO2/c1-7(2,3)6(8)4-10-5-9/h6,9H,4-5,8H2,1-3H3. The maximum absolute atomic E-state index is 8.30. The van der Waals surface area contributed by atoms with Crippen LogP contribution < -0.4 is 5.73 Å². The minimum absolute atomic E-state index is 0.0142. The molecule has 0 aromatic carbocycles. The van der Waals surface area contributed by atoms with Crippen LogP contribution in [-0.4, -0.2) is 24.5 Å². The van der Waals surface area contributed by atoms with Gasteiger partial charge in [0.25, 0.3) is 0 Å². The van der Waals surface area contributed by atoms with E-state index in [0.29, 0.717) is 6.61 Å². The van der Waals surface area contributed by atoms with Crippen LogP contribution in [0.3, 0.4) is 0 Å². The smallest absolute Gasteiger partial charge is 0.143 e. The molecule has 3 heteroatoms. The van der Waals surface area contributed by atoms with Crippen molar-refractivity contribution in [2.24, 2.45) is 11.1 Å². The van der Waals surface area contributed by atoms with Crippen LogP contribution in [0.4, 0.5) is 0 Å². The van der Waals surface area contributed by atoms with E-state index < -0.39 is 0 Å². The Morgan fingerprint density at radius 3 is 2.30 bits per heavy atom. The summed E-state index contributed by atoms with van der Waals surface area (Å²) in [6.07, 6.45) is 0. The number of hydrogen-bond donors (Lipinski definition) is 2. The summed E-state index contributed by atoms with van der Waals surface area (Å²) in [5.41, 5.74) is 5.75. The molecule has 0 bridgehead atoms. The van der Waals surface area contributed by atoms with Gasteiger partial charge < -0.3 is 15.6 Å². The molecule has 0 heterocycles. The second-order valence-electron chi connectivity index (χ2n) is 3.47. The predicted molar refractivity (Wildman–Crippen MR) is 40.5 cm³/mol. The minimum Gasteiger partial charge on any atom is -0.371 e. The molecular formula is C7H17NO2. The Kier molecular flexibility index (Phi) is 3.86. The zero-order valence-corrected chi connectivity index (χ0v) is 6.92. The molecule has 1 atom stereocenters. The molecule has 0 aromatic rings. The number of aliphatic hydroxyl groups excluding tert-OH is 1. The maximum Gasteiger partial charge on any atom is 0.143 e. The summed E-state index contributed by atoms with van der Waals surface area (Å²) in [5, 5.41) is 8.30. The summed E-state index contributed by atoms with van der Waals surface area (Å²) in [5.74, 6) is 0. The highest BCUT2D eigenvalue weighted by atomic mass is 16.6. The SMILES string of the molecule is CC(C)(C)C(N)COCO. The monoisotopic (exact) mass is 147 g/mol. The summed E-state index contributed by atoms with van der Waals surface area (Å²) < 4.78 is 4.75. The Hall–Kier alpha value is -0.120. The highest BCUT2D eigenvalue weighted by Crippen LogP contribution is 2.16. The van der Waals surface area contributed by atoms with Gasteiger partial charge in [-0.05, 0) is 5.41 Å². The van der Waals surface area contributed by atoms with Gasteiger partial charge in [-0.15, -0.1) is 0 Å². The number of rotatable bonds is 3. The van der Waals surface area contributed by atoms with Gasteiger partial charge in [0.1, 0.15) is 6.79 Å². The summed E-state index contributed by atoms with van der Waals surface area (Å²) >= 11 is 0. The van der Waals surface area contributed by atoms with Gasteiger partial charge in [0.15, 0.2) is 0 Å². The summed E-state index contributed by atoms with van der Waals surface area (Å²) in [6, 6.07) is -0.0142. The largest absolute Gasteiger partial charge is 0.371 e. The van der Waals surface area contributed by atoms with Crippen LogP contribution >= 0.6 is 0 Å². The predicted octanol–water partition coefficient (Wildman–Crippen LogP) is 0.326. The average Bonchev–Trinajstić information content (AvgIpc) is 1.80. The van der Waals surface area contributed by atoms with Crippen molar-refractivity contribution in [2.75, 3.05) is 13.4 Å². The lowest BCUT2D eigenvalue weighted by molar-refractivity contribution is -0.0180. The molecule has 0 aliphatic rings.